The molecule has 1 saturated heterocycles. The Morgan fingerprint density at radius 3 is 2.73 bits per heavy atom. The number of thiocarbonyl (C=S) groups is 1. The molecule has 0 aromatic heterocycles. The molecule has 0 bridgehead atoms. The largest absolute Gasteiger partial charge is 0.495 e. The van der Waals surface area contributed by atoms with Gasteiger partial charge in [-0.3, -0.25) is 9.80 Å². The first-order chi connectivity index (χ1) is 10.7. The molecule has 1 aromatic rings. The Kier molecular flexibility index (Phi) is 6.42. The molecule has 0 radical (unpaired) electrons. The summed E-state index contributed by atoms with van der Waals surface area (Å²) < 4.78 is 5.47. The van der Waals surface area contributed by atoms with Crippen LogP contribution in [0.4, 0.5) is 5.69 Å². The minimum atomic E-state index is 0.781. The lowest BCUT2D eigenvalue weighted by Crippen LogP contribution is -3.22. The Morgan fingerprint density at radius 2 is 2.05 bits per heavy atom. The fourth-order valence-electron chi connectivity index (χ4n) is 2.82. The van der Waals surface area contributed by atoms with Gasteiger partial charge in [-0.05, 0) is 38.2 Å². The second kappa shape index (κ2) is 8.31. The third kappa shape index (κ3) is 4.09. The van der Waals surface area contributed by atoms with Crippen molar-refractivity contribution in [3.8, 4) is 5.75 Å². The molecular formula is C16H28N4OS+2. The molecule has 3 N–H and O–H groups in total. The first kappa shape index (κ1) is 17.0. The van der Waals surface area contributed by atoms with Crippen LogP contribution in [0.5, 0.6) is 5.75 Å². The van der Waals surface area contributed by atoms with E-state index in [2.05, 4.69) is 30.1 Å². The number of hydrogen-bond acceptors (Lipinski definition) is 2. The van der Waals surface area contributed by atoms with Gasteiger partial charge >= 0.3 is 0 Å². The SMILES string of the molecule is CC[NH+](CC)CC[NH+]1CNC(=S)N(c2ccccc2OC)C1. The van der Waals surface area contributed by atoms with E-state index in [-0.39, 0.29) is 0 Å². The van der Waals surface area contributed by atoms with Gasteiger partial charge in [0, 0.05) is 0 Å². The van der Waals surface area contributed by atoms with Crippen molar-refractivity contribution < 1.29 is 14.5 Å². The normalized spacial score (nSPS) is 18.5. The molecule has 0 amide bonds. The number of rotatable bonds is 7. The zero-order chi connectivity index (χ0) is 15.9. The maximum Gasteiger partial charge on any atom is 0.182 e. The fourth-order valence-corrected chi connectivity index (χ4v) is 3.05. The van der Waals surface area contributed by atoms with Crippen LogP contribution in [0, 0.1) is 0 Å². The predicted molar refractivity (Wildman–Crippen MR) is 93.7 cm³/mol. The van der Waals surface area contributed by atoms with Crippen LogP contribution in [-0.4, -0.2) is 51.7 Å². The Balaban J connectivity index is 2.03. The van der Waals surface area contributed by atoms with Crippen molar-refractivity contribution in [3.05, 3.63) is 24.3 Å². The van der Waals surface area contributed by atoms with Crippen LogP contribution in [-0.2, 0) is 0 Å². The Bertz CT molecular complexity index is 493. The Hall–Kier alpha value is -1.37. The third-order valence-corrected chi connectivity index (χ3v) is 4.69. The maximum absolute atomic E-state index is 5.49. The standard InChI is InChI=1S/C16H26N4OS/c1-4-18(5-2)10-11-19-12-17-16(22)20(13-19)14-8-6-7-9-15(14)21-3/h6-9H,4-5,10-13H2,1-3H3,(H,17,22)/p+2. The molecule has 1 aliphatic rings. The summed E-state index contributed by atoms with van der Waals surface area (Å²) in [6.45, 7) is 11.0. The summed E-state index contributed by atoms with van der Waals surface area (Å²) in [6, 6.07) is 8.05. The number of nitrogens with one attached hydrogen (secondary N) is 3. The summed E-state index contributed by atoms with van der Waals surface area (Å²) in [5, 5.41) is 4.13. The molecule has 1 unspecified atom stereocenters. The summed E-state index contributed by atoms with van der Waals surface area (Å²) >= 11 is 5.49. The Labute approximate surface area is 138 Å². The minimum absolute atomic E-state index is 0.781. The molecule has 0 spiro atoms. The van der Waals surface area contributed by atoms with Crippen molar-refractivity contribution in [3.63, 3.8) is 0 Å². The molecule has 0 saturated carbocycles. The molecule has 1 fully saturated rings. The number of para-hydroxylation sites is 2. The average molecular weight is 324 g/mol. The number of methoxy groups -OCH3 is 1. The van der Waals surface area contributed by atoms with Gasteiger partial charge in [0.1, 0.15) is 18.8 Å². The van der Waals surface area contributed by atoms with E-state index in [1.54, 1.807) is 12.0 Å². The molecule has 1 atom stereocenters. The average Bonchev–Trinajstić information content (AvgIpc) is 2.57. The van der Waals surface area contributed by atoms with Crippen LogP contribution in [0.25, 0.3) is 0 Å². The predicted octanol–water partition coefficient (Wildman–Crippen LogP) is -0.886. The maximum atomic E-state index is 5.49. The van der Waals surface area contributed by atoms with Gasteiger partial charge < -0.3 is 15.0 Å². The summed E-state index contributed by atoms with van der Waals surface area (Å²) in [4.78, 5) is 5.29. The van der Waals surface area contributed by atoms with E-state index < -0.39 is 0 Å². The molecule has 122 valence electrons. The van der Waals surface area contributed by atoms with E-state index in [1.807, 2.05) is 18.2 Å². The topological polar surface area (TPSA) is 33.4 Å². The lowest BCUT2D eigenvalue weighted by Gasteiger charge is -2.35. The molecule has 2 rings (SSSR count). The van der Waals surface area contributed by atoms with E-state index >= 15 is 0 Å². The third-order valence-electron chi connectivity index (χ3n) is 4.32. The summed E-state index contributed by atoms with van der Waals surface area (Å²) in [5.74, 6) is 0.863. The second-order valence-electron chi connectivity index (χ2n) is 5.62. The van der Waals surface area contributed by atoms with Crippen LogP contribution in [0.15, 0.2) is 24.3 Å². The van der Waals surface area contributed by atoms with Gasteiger partial charge in [-0.2, -0.15) is 0 Å². The molecule has 5 nitrogen and oxygen atoms in total. The quantitative estimate of drug-likeness (QED) is 0.569. The molecule has 0 aliphatic carbocycles. The molecule has 1 aliphatic heterocycles. The molecular weight excluding hydrogens is 296 g/mol. The van der Waals surface area contributed by atoms with E-state index in [4.69, 9.17) is 17.0 Å². The molecule has 22 heavy (non-hydrogen) atoms. The monoisotopic (exact) mass is 324 g/mol. The van der Waals surface area contributed by atoms with Gasteiger partial charge in [0.05, 0.1) is 25.9 Å². The van der Waals surface area contributed by atoms with E-state index in [1.165, 1.54) is 24.5 Å². The molecule has 6 heteroatoms. The minimum Gasteiger partial charge on any atom is -0.495 e. The van der Waals surface area contributed by atoms with E-state index in [9.17, 15) is 0 Å². The van der Waals surface area contributed by atoms with Crippen molar-refractivity contribution in [2.24, 2.45) is 0 Å². The number of likely N-dealkylation sites (N-methyl/N-ethyl adjacent to an activating group) is 1. The highest BCUT2D eigenvalue weighted by Gasteiger charge is 2.27. The highest BCUT2D eigenvalue weighted by Crippen LogP contribution is 2.27. The van der Waals surface area contributed by atoms with Crippen LogP contribution in [0.1, 0.15) is 13.8 Å². The van der Waals surface area contributed by atoms with Crippen molar-refractivity contribution in [1.29, 1.82) is 0 Å². The summed E-state index contributed by atoms with van der Waals surface area (Å²) in [7, 11) is 1.70. The first-order valence-corrected chi connectivity index (χ1v) is 8.45. The number of benzene rings is 1. The number of nitrogens with zero attached hydrogens (tertiary/aromatic N) is 1. The lowest BCUT2D eigenvalue weighted by molar-refractivity contribution is -0.957. The zero-order valence-corrected chi connectivity index (χ0v) is 14.6. The Morgan fingerprint density at radius 1 is 1.32 bits per heavy atom. The lowest BCUT2D eigenvalue weighted by atomic mass is 10.2. The first-order valence-electron chi connectivity index (χ1n) is 8.05. The van der Waals surface area contributed by atoms with Crippen LogP contribution < -0.4 is 24.8 Å². The van der Waals surface area contributed by atoms with Gasteiger partial charge in [-0.15, -0.1) is 0 Å². The van der Waals surface area contributed by atoms with Gasteiger partial charge in [0.2, 0.25) is 0 Å². The van der Waals surface area contributed by atoms with Crippen molar-refractivity contribution in [2.45, 2.75) is 13.8 Å². The molecule has 1 heterocycles. The van der Waals surface area contributed by atoms with Crippen LogP contribution >= 0.6 is 12.2 Å². The summed E-state index contributed by atoms with van der Waals surface area (Å²) in [6.07, 6.45) is 0. The smallest absolute Gasteiger partial charge is 0.182 e. The fraction of sp³-hybridized carbons (Fsp3) is 0.562. The highest BCUT2D eigenvalue weighted by molar-refractivity contribution is 7.80. The van der Waals surface area contributed by atoms with Crippen LogP contribution in [0.2, 0.25) is 0 Å². The van der Waals surface area contributed by atoms with Gasteiger partial charge in [-0.1, -0.05) is 12.1 Å². The number of hydrogen-bond donors (Lipinski definition) is 3. The highest BCUT2D eigenvalue weighted by atomic mass is 32.1. The number of ether oxygens (including phenoxy) is 1. The van der Waals surface area contributed by atoms with E-state index in [0.717, 1.165) is 36.4 Å². The zero-order valence-electron chi connectivity index (χ0n) is 13.8. The summed E-state index contributed by atoms with van der Waals surface area (Å²) in [5.41, 5.74) is 1.04. The van der Waals surface area contributed by atoms with Gasteiger partial charge in [0.15, 0.2) is 18.4 Å². The number of quaternary nitrogens is 2. The second-order valence-corrected chi connectivity index (χ2v) is 6.01. The van der Waals surface area contributed by atoms with Crippen molar-refractivity contribution in [2.75, 3.05) is 51.5 Å². The van der Waals surface area contributed by atoms with E-state index in [0.29, 0.717) is 0 Å². The van der Waals surface area contributed by atoms with Gasteiger partial charge in [0.25, 0.3) is 0 Å². The molecule has 1 aromatic carbocycles. The van der Waals surface area contributed by atoms with Crippen molar-refractivity contribution in [1.82, 2.24) is 5.32 Å². The van der Waals surface area contributed by atoms with Crippen molar-refractivity contribution >= 4 is 23.0 Å². The van der Waals surface area contributed by atoms with Gasteiger partial charge in [-0.25, -0.2) is 0 Å². The number of anilines is 1. The van der Waals surface area contributed by atoms with Crippen LogP contribution in [0.3, 0.4) is 0 Å².